The Morgan fingerprint density at radius 1 is 1.37 bits per heavy atom. The van der Waals surface area contributed by atoms with Gasteiger partial charge in [0.15, 0.2) is 5.78 Å². The third-order valence-corrected chi connectivity index (χ3v) is 4.42. The lowest BCUT2D eigenvalue weighted by Crippen LogP contribution is -2.24. The summed E-state index contributed by atoms with van der Waals surface area (Å²) in [7, 11) is 0. The van der Waals surface area contributed by atoms with Crippen molar-refractivity contribution in [3.05, 3.63) is 34.3 Å². The van der Waals surface area contributed by atoms with E-state index in [1.807, 2.05) is 24.3 Å². The molecular weight excluding hydrogens is 302 g/mol. The Morgan fingerprint density at radius 3 is 2.79 bits per heavy atom. The van der Waals surface area contributed by atoms with E-state index in [0.29, 0.717) is 6.42 Å². The van der Waals surface area contributed by atoms with Gasteiger partial charge in [0, 0.05) is 29.5 Å². The standard InChI is InChI=1S/C16H22BrNO/c1-2-3-13-8-10-18(12-13)11-9-16(19)14-4-6-15(17)7-5-14/h4-7,13H,2-3,8-12H2,1H3. The van der Waals surface area contributed by atoms with Crippen molar-refractivity contribution in [1.29, 1.82) is 0 Å². The predicted molar refractivity (Wildman–Crippen MR) is 82.5 cm³/mol. The normalized spacial score (nSPS) is 19.8. The van der Waals surface area contributed by atoms with Crippen LogP contribution in [0.25, 0.3) is 0 Å². The maximum atomic E-state index is 12.1. The summed E-state index contributed by atoms with van der Waals surface area (Å²) in [6.45, 7) is 5.51. The minimum Gasteiger partial charge on any atom is -0.303 e. The van der Waals surface area contributed by atoms with Crippen LogP contribution in [0.5, 0.6) is 0 Å². The highest BCUT2D eigenvalue weighted by Crippen LogP contribution is 2.21. The quantitative estimate of drug-likeness (QED) is 0.733. The summed E-state index contributed by atoms with van der Waals surface area (Å²) in [4.78, 5) is 14.5. The van der Waals surface area contributed by atoms with Crippen LogP contribution in [-0.2, 0) is 0 Å². The number of benzene rings is 1. The molecule has 104 valence electrons. The molecule has 1 aliphatic heterocycles. The van der Waals surface area contributed by atoms with Gasteiger partial charge in [-0.3, -0.25) is 4.79 Å². The molecule has 0 spiro atoms. The van der Waals surface area contributed by atoms with Gasteiger partial charge in [-0.2, -0.15) is 0 Å². The van der Waals surface area contributed by atoms with Gasteiger partial charge in [-0.1, -0.05) is 41.4 Å². The van der Waals surface area contributed by atoms with Crippen LogP contribution in [-0.4, -0.2) is 30.3 Å². The van der Waals surface area contributed by atoms with Crippen LogP contribution in [0, 0.1) is 5.92 Å². The van der Waals surface area contributed by atoms with Crippen LogP contribution in [0.2, 0.25) is 0 Å². The monoisotopic (exact) mass is 323 g/mol. The van der Waals surface area contributed by atoms with Gasteiger partial charge in [0.2, 0.25) is 0 Å². The zero-order chi connectivity index (χ0) is 13.7. The second-order valence-corrected chi connectivity index (χ2v) is 6.34. The van der Waals surface area contributed by atoms with Gasteiger partial charge >= 0.3 is 0 Å². The van der Waals surface area contributed by atoms with Crippen molar-refractivity contribution in [1.82, 2.24) is 4.90 Å². The number of hydrogen-bond acceptors (Lipinski definition) is 2. The van der Waals surface area contributed by atoms with Gasteiger partial charge in [-0.05, 0) is 37.4 Å². The summed E-state index contributed by atoms with van der Waals surface area (Å²) in [6.07, 6.45) is 4.55. The molecule has 1 fully saturated rings. The number of hydrogen-bond donors (Lipinski definition) is 0. The van der Waals surface area contributed by atoms with Gasteiger partial charge in [-0.25, -0.2) is 0 Å². The van der Waals surface area contributed by atoms with Crippen LogP contribution >= 0.6 is 15.9 Å². The molecule has 3 heteroatoms. The summed E-state index contributed by atoms with van der Waals surface area (Å²) in [5.41, 5.74) is 0.826. The molecule has 1 aliphatic rings. The van der Waals surface area contributed by atoms with Crippen molar-refractivity contribution in [3.63, 3.8) is 0 Å². The summed E-state index contributed by atoms with van der Waals surface area (Å²) in [6, 6.07) is 7.66. The highest BCUT2D eigenvalue weighted by atomic mass is 79.9. The molecule has 0 amide bonds. The van der Waals surface area contributed by atoms with E-state index in [0.717, 1.165) is 29.0 Å². The van der Waals surface area contributed by atoms with Crippen molar-refractivity contribution >= 4 is 21.7 Å². The van der Waals surface area contributed by atoms with E-state index >= 15 is 0 Å². The SMILES string of the molecule is CCCC1CCN(CCC(=O)c2ccc(Br)cc2)C1. The van der Waals surface area contributed by atoms with E-state index in [4.69, 9.17) is 0 Å². The van der Waals surface area contributed by atoms with Crippen LogP contribution in [0.15, 0.2) is 28.7 Å². The molecule has 0 N–H and O–H groups in total. The fourth-order valence-electron chi connectivity index (χ4n) is 2.80. The van der Waals surface area contributed by atoms with Gasteiger partial charge in [0.05, 0.1) is 0 Å². The zero-order valence-electron chi connectivity index (χ0n) is 11.6. The Hall–Kier alpha value is -0.670. The number of nitrogens with zero attached hydrogens (tertiary/aromatic N) is 1. The lowest BCUT2D eigenvalue weighted by Gasteiger charge is -2.15. The molecule has 0 aromatic heterocycles. The molecular formula is C16H22BrNO. The molecule has 1 atom stereocenters. The number of carbonyl (C=O) groups excluding carboxylic acids is 1. The highest BCUT2D eigenvalue weighted by Gasteiger charge is 2.21. The second kappa shape index (κ2) is 7.20. The lowest BCUT2D eigenvalue weighted by atomic mass is 10.0. The number of Topliss-reactive ketones (excluding diaryl/α,β-unsaturated/α-hetero) is 1. The molecule has 0 bridgehead atoms. The first-order chi connectivity index (χ1) is 9.19. The van der Waals surface area contributed by atoms with Crippen molar-refractivity contribution in [2.45, 2.75) is 32.6 Å². The molecule has 19 heavy (non-hydrogen) atoms. The summed E-state index contributed by atoms with van der Waals surface area (Å²) >= 11 is 3.39. The first-order valence-corrected chi connectivity index (χ1v) is 7.99. The van der Waals surface area contributed by atoms with Crippen molar-refractivity contribution in [2.75, 3.05) is 19.6 Å². The number of likely N-dealkylation sites (tertiary alicyclic amines) is 1. The van der Waals surface area contributed by atoms with Gasteiger partial charge in [0.1, 0.15) is 0 Å². The Balaban J connectivity index is 1.76. The average molecular weight is 324 g/mol. The molecule has 1 saturated heterocycles. The van der Waals surface area contributed by atoms with E-state index in [1.165, 1.54) is 25.8 Å². The van der Waals surface area contributed by atoms with Crippen LogP contribution in [0.1, 0.15) is 43.0 Å². The maximum absolute atomic E-state index is 12.1. The van der Waals surface area contributed by atoms with Gasteiger partial charge < -0.3 is 4.90 Å². The van der Waals surface area contributed by atoms with E-state index < -0.39 is 0 Å². The maximum Gasteiger partial charge on any atom is 0.164 e. The fraction of sp³-hybridized carbons (Fsp3) is 0.562. The largest absolute Gasteiger partial charge is 0.303 e. The third-order valence-electron chi connectivity index (χ3n) is 3.89. The third kappa shape index (κ3) is 4.43. The highest BCUT2D eigenvalue weighted by molar-refractivity contribution is 9.10. The Kier molecular flexibility index (Phi) is 5.59. The Labute approximate surface area is 124 Å². The first-order valence-electron chi connectivity index (χ1n) is 7.20. The minimum absolute atomic E-state index is 0.256. The summed E-state index contributed by atoms with van der Waals surface area (Å²) in [5, 5.41) is 0. The first kappa shape index (κ1) is 14.7. The molecule has 0 aliphatic carbocycles. The van der Waals surface area contributed by atoms with Gasteiger partial charge in [-0.15, -0.1) is 0 Å². The van der Waals surface area contributed by atoms with E-state index in [9.17, 15) is 4.79 Å². The molecule has 2 rings (SSSR count). The Bertz CT molecular complexity index is 415. The van der Waals surface area contributed by atoms with Crippen molar-refractivity contribution in [2.24, 2.45) is 5.92 Å². The van der Waals surface area contributed by atoms with E-state index in [2.05, 4.69) is 27.8 Å². The minimum atomic E-state index is 0.256. The number of halogens is 1. The van der Waals surface area contributed by atoms with Crippen LogP contribution in [0.3, 0.4) is 0 Å². The van der Waals surface area contributed by atoms with Crippen LogP contribution in [0.4, 0.5) is 0 Å². The second-order valence-electron chi connectivity index (χ2n) is 5.42. The molecule has 0 radical (unpaired) electrons. The molecule has 1 aromatic carbocycles. The smallest absolute Gasteiger partial charge is 0.164 e. The molecule has 1 unspecified atom stereocenters. The number of carbonyl (C=O) groups is 1. The molecule has 2 nitrogen and oxygen atoms in total. The average Bonchev–Trinajstić information content (AvgIpc) is 2.85. The predicted octanol–water partition coefficient (Wildman–Crippen LogP) is 4.14. The number of ketones is 1. The van der Waals surface area contributed by atoms with E-state index in [1.54, 1.807) is 0 Å². The topological polar surface area (TPSA) is 20.3 Å². The molecule has 1 heterocycles. The fourth-order valence-corrected chi connectivity index (χ4v) is 3.06. The van der Waals surface area contributed by atoms with Crippen molar-refractivity contribution < 1.29 is 4.79 Å². The molecule has 0 saturated carbocycles. The summed E-state index contributed by atoms with van der Waals surface area (Å²) < 4.78 is 1.02. The van der Waals surface area contributed by atoms with Crippen molar-refractivity contribution in [3.8, 4) is 0 Å². The van der Waals surface area contributed by atoms with Gasteiger partial charge in [0.25, 0.3) is 0 Å². The van der Waals surface area contributed by atoms with Crippen LogP contribution < -0.4 is 0 Å². The number of rotatable bonds is 6. The summed E-state index contributed by atoms with van der Waals surface area (Å²) in [5.74, 6) is 1.11. The lowest BCUT2D eigenvalue weighted by molar-refractivity contribution is 0.0968. The van der Waals surface area contributed by atoms with E-state index in [-0.39, 0.29) is 5.78 Å². The molecule has 1 aromatic rings. The Morgan fingerprint density at radius 2 is 2.11 bits per heavy atom. The zero-order valence-corrected chi connectivity index (χ0v) is 13.2.